The Bertz CT molecular complexity index is 1560. The Morgan fingerprint density at radius 2 is 1.73 bits per heavy atom. The Balaban J connectivity index is 2.21. The van der Waals surface area contributed by atoms with Crippen LogP contribution in [0.2, 0.25) is 0 Å². The smallest absolute Gasteiger partial charge is 0.405 e. The van der Waals surface area contributed by atoms with Crippen LogP contribution in [0.1, 0.15) is 72.8 Å². The molecule has 9 heteroatoms. The second-order valence-corrected chi connectivity index (χ2v) is 13.1. The molecule has 1 aliphatic carbocycles. The number of aliphatic hydroxyl groups is 1. The highest BCUT2D eigenvalue weighted by molar-refractivity contribution is 6.40. The molecule has 0 fully saturated rings. The van der Waals surface area contributed by atoms with E-state index in [2.05, 4.69) is 11.9 Å². The minimum atomic E-state index is -0.916. The molecule has 6 atom stereocenters. The van der Waals surface area contributed by atoms with Crippen molar-refractivity contribution < 1.29 is 33.8 Å². The van der Waals surface area contributed by atoms with E-state index < -0.39 is 30.0 Å². The zero-order valence-electron chi connectivity index (χ0n) is 29.2. The van der Waals surface area contributed by atoms with E-state index in [0.29, 0.717) is 47.3 Å². The second-order valence-electron chi connectivity index (χ2n) is 13.1. The largest absolute Gasteiger partial charge is 0.497 e. The number of methoxy groups -OCH3 is 1. The highest BCUT2D eigenvalue weighted by atomic mass is 16.6. The van der Waals surface area contributed by atoms with Crippen LogP contribution in [0.15, 0.2) is 89.2 Å². The first kappa shape index (κ1) is 38.0. The Hall–Kier alpha value is -4.50. The summed E-state index contributed by atoms with van der Waals surface area (Å²) >= 11 is 0. The van der Waals surface area contributed by atoms with E-state index in [1.54, 1.807) is 55.5 Å². The van der Waals surface area contributed by atoms with E-state index in [0.717, 1.165) is 5.57 Å². The lowest BCUT2D eigenvalue weighted by Gasteiger charge is -2.29. The minimum absolute atomic E-state index is 0.0702. The molecular formula is C39H50N2O7. The van der Waals surface area contributed by atoms with E-state index in [1.165, 1.54) is 7.11 Å². The summed E-state index contributed by atoms with van der Waals surface area (Å²) in [5, 5.41) is 14.1. The van der Waals surface area contributed by atoms with Crippen LogP contribution >= 0.6 is 0 Å². The number of aliphatic hydroxyl groups excluding tert-OH is 1. The molecule has 9 nitrogen and oxygen atoms in total. The van der Waals surface area contributed by atoms with Gasteiger partial charge in [0.1, 0.15) is 17.6 Å². The van der Waals surface area contributed by atoms with Gasteiger partial charge in [0.15, 0.2) is 5.78 Å². The molecule has 0 saturated heterocycles. The van der Waals surface area contributed by atoms with Crippen molar-refractivity contribution in [1.82, 2.24) is 5.32 Å². The fourth-order valence-electron chi connectivity index (χ4n) is 6.52. The number of Topliss-reactive ketones (excluding diaryl/α,β-unsaturated/α-hetero) is 2. The molecule has 48 heavy (non-hydrogen) atoms. The van der Waals surface area contributed by atoms with Crippen LogP contribution in [0.25, 0.3) is 5.57 Å². The molecule has 0 radical (unpaired) electrons. The fourth-order valence-corrected chi connectivity index (χ4v) is 6.52. The quantitative estimate of drug-likeness (QED) is 0.232. The molecule has 2 amide bonds. The van der Waals surface area contributed by atoms with Crippen molar-refractivity contribution in [1.29, 1.82) is 0 Å². The van der Waals surface area contributed by atoms with Gasteiger partial charge in [0.2, 0.25) is 5.78 Å². The average Bonchev–Trinajstić information content (AvgIpc) is 3.04. The molecule has 0 unspecified atom stereocenters. The van der Waals surface area contributed by atoms with Gasteiger partial charge >= 0.3 is 6.09 Å². The number of primary amides is 1. The summed E-state index contributed by atoms with van der Waals surface area (Å²) in [4.78, 5) is 54.1. The van der Waals surface area contributed by atoms with Gasteiger partial charge < -0.3 is 25.6 Å². The number of carbonyl (C=O) groups is 4. The SMILES string of the molecule is C=CCCC1=C2C[C@@H](C)C[C@H](C)[C@H](O)[C@@H](C)/C=C(\C)[C@H](OC(N)=O)[C@@H](C)/C=C\C=C(/C)C(=O)NC(=C(c3ccc(OC)cc3)C1=O)C2=O. The van der Waals surface area contributed by atoms with Crippen LogP contribution in [0.3, 0.4) is 0 Å². The number of benzene rings is 1. The van der Waals surface area contributed by atoms with Crippen molar-refractivity contribution in [3.63, 3.8) is 0 Å². The number of nitrogens with two attached hydrogens (primary N) is 1. The van der Waals surface area contributed by atoms with E-state index in [4.69, 9.17) is 15.2 Å². The van der Waals surface area contributed by atoms with Crippen molar-refractivity contribution in [2.45, 2.75) is 79.4 Å². The van der Waals surface area contributed by atoms with Gasteiger partial charge in [-0.3, -0.25) is 14.4 Å². The molecule has 2 bridgehead atoms. The van der Waals surface area contributed by atoms with Crippen molar-refractivity contribution in [3.8, 4) is 5.75 Å². The van der Waals surface area contributed by atoms with Crippen molar-refractivity contribution in [2.24, 2.45) is 29.4 Å². The summed E-state index contributed by atoms with van der Waals surface area (Å²) in [6.07, 6.45) is 7.99. The molecule has 0 aromatic heterocycles. The van der Waals surface area contributed by atoms with Gasteiger partial charge in [-0.15, -0.1) is 6.58 Å². The van der Waals surface area contributed by atoms with Crippen molar-refractivity contribution >= 4 is 29.1 Å². The highest BCUT2D eigenvalue weighted by Gasteiger charge is 2.37. The number of amides is 2. The van der Waals surface area contributed by atoms with Gasteiger partial charge in [-0.2, -0.15) is 0 Å². The molecule has 4 N–H and O–H groups in total. The molecule has 1 heterocycles. The summed E-state index contributed by atoms with van der Waals surface area (Å²) in [5.74, 6) is -1.54. The second kappa shape index (κ2) is 17.1. The van der Waals surface area contributed by atoms with Gasteiger partial charge in [0.05, 0.1) is 18.8 Å². The number of carbonyl (C=O) groups excluding carboxylic acids is 4. The van der Waals surface area contributed by atoms with E-state index in [9.17, 15) is 24.3 Å². The Morgan fingerprint density at radius 3 is 2.33 bits per heavy atom. The summed E-state index contributed by atoms with van der Waals surface area (Å²) in [6, 6.07) is 6.80. The highest BCUT2D eigenvalue weighted by Crippen LogP contribution is 2.37. The monoisotopic (exact) mass is 658 g/mol. The molecule has 1 aliphatic heterocycles. The standard InChI is InChI=1S/C39H50N2O7/c1-9-10-14-30-31-20-22(2)19-25(5)34(42)26(6)21-27(7)37(48-39(40)46)23(3)12-11-13-24(4)38(45)41-33(36(31)44)32(35(30)43)28-15-17-29(47-8)18-16-28/h9,11-13,15-18,21-23,25-26,34,37,42H,1,10,14,19-20H2,2-8H3,(H2,40,46)(H,41,45)/b12-11-,24-13+,27-21+/t22-,23-,25-,26-,34-,37+/m0/s1. The van der Waals surface area contributed by atoms with Gasteiger partial charge in [0.25, 0.3) is 5.91 Å². The van der Waals surface area contributed by atoms with Gasteiger partial charge in [-0.05, 0) is 74.6 Å². The molecule has 0 saturated carbocycles. The van der Waals surface area contributed by atoms with E-state index in [-0.39, 0.29) is 47.1 Å². The number of hydrogen-bond acceptors (Lipinski definition) is 7. The first-order valence-corrected chi connectivity index (χ1v) is 16.5. The normalized spacial score (nSPS) is 29.3. The third-order valence-corrected chi connectivity index (χ3v) is 9.09. The number of nitrogens with one attached hydrogen (secondary N) is 1. The zero-order chi connectivity index (χ0) is 35.7. The van der Waals surface area contributed by atoms with Crippen LogP contribution in [0.5, 0.6) is 5.75 Å². The number of rotatable bonds is 6. The Labute approximate surface area is 284 Å². The maximum atomic E-state index is 14.4. The molecule has 1 aromatic rings. The van der Waals surface area contributed by atoms with Crippen LogP contribution in [0.4, 0.5) is 4.79 Å². The predicted molar refractivity (Wildman–Crippen MR) is 188 cm³/mol. The average molecular weight is 659 g/mol. The maximum Gasteiger partial charge on any atom is 0.405 e. The molecule has 2 aliphatic rings. The van der Waals surface area contributed by atoms with Crippen LogP contribution in [-0.4, -0.2) is 48.0 Å². The third-order valence-electron chi connectivity index (χ3n) is 9.09. The number of ether oxygens (including phenoxy) is 2. The van der Waals surface area contributed by atoms with Crippen LogP contribution in [0, 0.1) is 23.7 Å². The van der Waals surface area contributed by atoms with E-state index >= 15 is 0 Å². The summed E-state index contributed by atoms with van der Waals surface area (Å²) in [7, 11) is 1.54. The number of allylic oxidation sites excluding steroid dienone is 6. The molecular weight excluding hydrogens is 608 g/mol. The van der Waals surface area contributed by atoms with Gasteiger partial charge in [0, 0.05) is 28.6 Å². The summed E-state index contributed by atoms with van der Waals surface area (Å²) in [5.41, 5.74) is 7.75. The van der Waals surface area contributed by atoms with Gasteiger partial charge in [-0.25, -0.2) is 4.79 Å². The number of hydrogen-bond donors (Lipinski definition) is 3. The van der Waals surface area contributed by atoms with E-state index in [1.807, 2.05) is 40.7 Å². The summed E-state index contributed by atoms with van der Waals surface area (Å²) < 4.78 is 10.8. The van der Waals surface area contributed by atoms with Gasteiger partial charge in [-0.1, -0.05) is 70.2 Å². The third kappa shape index (κ3) is 9.31. The lowest BCUT2D eigenvalue weighted by atomic mass is 9.77. The topological polar surface area (TPSA) is 145 Å². The molecule has 1 aromatic carbocycles. The Morgan fingerprint density at radius 1 is 1.06 bits per heavy atom. The summed E-state index contributed by atoms with van der Waals surface area (Å²) in [6.45, 7) is 15.0. The van der Waals surface area contributed by atoms with Crippen molar-refractivity contribution in [3.05, 3.63) is 94.8 Å². The molecule has 3 rings (SSSR count). The zero-order valence-corrected chi connectivity index (χ0v) is 29.2. The van der Waals surface area contributed by atoms with Crippen molar-refractivity contribution in [2.75, 3.05) is 7.11 Å². The Kier molecular flexibility index (Phi) is 13.5. The predicted octanol–water partition coefficient (Wildman–Crippen LogP) is 6.55. The first-order valence-electron chi connectivity index (χ1n) is 16.5. The van der Waals surface area contributed by atoms with Crippen LogP contribution < -0.4 is 15.8 Å². The minimum Gasteiger partial charge on any atom is -0.497 e. The molecule has 0 spiro atoms. The number of ketones is 2. The first-order chi connectivity index (χ1) is 22.7. The maximum absolute atomic E-state index is 14.4. The fraction of sp³-hybridized carbons (Fsp3) is 0.436. The lowest BCUT2D eigenvalue weighted by molar-refractivity contribution is -0.120. The van der Waals surface area contributed by atoms with Crippen LogP contribution in [-0.2, 0) is 19.1 Å². The molecule has 258 valence electrons. The lowest BCUT2D eigenvalue weighted by Crippen LogP contribution is -2.35. The number of fused-ring (bicyclic) bond motifs is 2.